The first-order valence-corrected chi connectivity index (χ1v) is 6.73. The summed E-state index contributed by atoms with van der Waals surface area (Å²) in [4.78, 5) is 8.71. The first-order chi connectivity index (χ1) is 10.0. The van der Waals surface area contributed by atoms with Crippen LogP contribution in [0.15, 0.2) is 30.5 Å². The van der Waals surface area contributed by atoms with Gasteiger partial charge in [0.15, 0.2) is 0 Å². The third-order valence-corrected chi connectivity index (χ3v) is 3.47. The minimum Gasteiger partial charge on any atom is -0.312 e. The van der Waals surface area contributed by atoms with Crippen molar-refractivity contribution in [3.05, 3.63) is 58.7 Å². The van der Waals surface area contributed by atoms with E-state index in [1.54, 1.807) is 12.3 Å². The van der Waals surface area contributed by atoms with E-state index in [2.05, 4.69) is 15.3 Å². The van der Waals surface area contributed by atoms with Gasteiger partial charge in [0.1, 0.15) is 5.82 Å². The molecule has 6 heteroatoms. The molecule has 0 saturated heterocycles. The Hall–Kier alpha value is -1.95. The molecule has 0 spiro atoms. The maximum absolute atomic E-state index is 12.7. The van der Waals surface area contributed by atoms with E-state index in [9.17, 15) is 13.2 Å². The molecule has 2 heterocycles. The Bertz CT molecular complexity index is 653. The van der Waals surface area contributed by atoms with Gasteiger partial charge in [-0.2, -0.15) is 13.2 Å². The highest BCUT2D eigenvalue weighted by Crippen LogP contribution is 2.29. The predicted octanol–water partition coefficient (Wildman–Crippen LogP) is 2.73. The minimum absolute atomic E-state index is 0.310. The standard InChI is InChI=1S/C15H14F3N3/c16-15(17,18)12-3-1-2-10(6-12)7-14-20-9-11-8-19-5-4-13(11)21-14/h1-3,6,9,19H,4-5,7-8H2. The van der Waals surface area contributed by atoms with E-state index in [4.69, 9.17) is 0 Å². The SMILES string of the molecule is FC(F)(F)c1cccc(Cc2ncc3c(n2)CCNC3)c1. The van der Waals surface area contributed by atoms with Gasteiger partial charge in [-0.1, -0.05) is 18.2 Å². The number of nitrogens with one attached hydrogen (secondary N) is 1. The molecular formula is C15H14F3N3. The second kappa shape index (κ2) is 5.44. The van der Waals surface area contributed by atoms with Gasteiger partial charge in [-0.25, -0.2) is 9.97 Å². The molecular weight excluding hydrogens is 279 g/mol. The number of alkyl halides is 3. The van der Waals surface area contributed by atoms with Crippen molar-refractivity contribution in [2.24, 2.45) is 0 Å². The summed E-state index contributed by atoms with van der Waals surface area (Å²) in [5, 5.41) is 3.23. The lowest BCUT2D eigenvalue weighted by Crippen LogP contribution is -2.25. The molecule has 1 aromatic heterocycles. The molecule has 0 aliphatic carbocycles. The average Bonchev–Trinajstić information content (AvgIpc) is 2.46. The Morgan fingerprint density at radius 1 is 1.24 bits per heavy atom. The molecule has 21 heavy (non-hydrogen) atoms. The quantitative estimate of drug-likeness (QED) is 0.925. The predicted molar refractivity (Wildman–Crippen MR) is 71.7 cm³/mol. The normalized spacial score (nSPS) is 14.8. The second-order valence-electron chi connectivity index (χ2n) is 5.06. The third kappa shape index (κ3) is 3.21. The lowest BCUT2D eigenvalue weighted by molar-refractivity contribution is -0.137. The molecule has 0 fully saturated rings. The van der Waals surface area contributed by atoms with Crippen molar-refractivity contribution in [2.45, 2.75) is 25.6 Å². The number of nitrogens with zero attached hydrogens (tertiary/aromatic N) is 2. The van der Waals surface area contributed by atoms with Crippen LogP contribution in [0.25, 0.3) is 0 Å². The number of fused-ring (bicyclic) bond motifs is 1. The zero-order chi connectivity index (χ0) is 14.9. The zero-order valence-corrected chi connectivity index (χ0v) is 11.2. The first-order valence-electron chi connectivity index (χ1n) is 6.73. The van der Waals surface area contributed by atoms with E-state index >= 15 is 0 Å². The number of aromatic nitrogens is 2. The molecule has 0 amide bonds. The van der Waals surface area contributed by atoms with Crippen LogP contribution in [0, 0.1) is 0 Å². The van der Waals surface area contributed by atoms with Crippen molar-refractivity contribution in [3.63, 3.8) is 0 Å². The molecule has 0 bridgehead atoms. The summed E-state index contributed by atoms with van der Waals surface area (Å²) < 4.78 is 38.1. The Balaban J connectivity index is 1.83. The van der Waals surface area contributed by atoms with Crippen LogP contribution in [0.5, 0.6) is 0 Å². The second-order valence-corrected chi connectivity index (χ2v) is 5.06. The van der Waals surface area contributed by atoms with Gasteiger partial charge in [0, 0.05) is 43.4 Å². The van der Waals surface area contributed by atoms with Gasteiger partial charge in [0.05, 0.1) is 5.56 Å². The van der Waals surface area contributed by atoms with Crippen LogP contribution in [0.2, 0.25) is 0 Å². The lowest BCUT2D eigenvalue weighted by Gasteiger charge is -2.16. The van der Waals surface area contributed by atoms with Gasteiger partial charge >= 0.3 is 6.18 Å². The molecule has 1 aromatic carbocycles. The number of hydrogen-bond donors (Lipinski definition) is 1. The van der Waals surface area contributed by atoms with Crippen molar-refractivity contribution < 1.29 is 13.2 Å². The zero-order valence-electron chi connectivity index (χ0n) is 11.2. The van der Waals surface area contributed by atoms with Gasteiger partial charge < -0.3 is 5.32 Å². The van der Waals surface area contributed by atoms with Crippen LogP contribution < -0.4 is 5.32 Å². The molecule has 110 valence electrons. The van der Waals surface area contributed by atoms with Crippen molar-refractivity contribution in [2.75, 3.05) is 6.54 Å². The largest absolute Gasteiger partial charge is 0.416 e. The Morgan fingerprint density at radius 2 is 2.10 bits per heavy atom. The minimum atomic E-state index is -4.32. The van der Waals surface area contributed by atoms with Gasteiger partial charge in [0.25, 0.3) is 0 Å². The highest BCUT2D eigenvalue weighted by Gasteiger charge is 2.30. The first kappa shape index (κ1) is 14.0. The fourth-order valence-electron chi connectivity index (χ4n) is 2.40. The summed E-state index contributed by atoms with van der Waals surface area (Å²) in [7, 11) is 0. The van der Waals surface area contributed by atoms with Crippen molar-refractivity contribution in [1.29, 1.82) is 0 Å². The highest BCUT2D eigenvalue weighted by atomic mass is 19.4. The summed E-state index contributed by atoms with van der Waals surface area (Å²) >= 11 is 0. The average molecular weight is 293 g/mol. The van der Waals surface area contributed by atoms with E-state index in [0.29, 0.717) is 17.8 Å². The molecule has 1 aliphatic heterocycles. The monoisotopic (exact) mass is 293 g/mol. The fraction of sp³-hybridized carbons (Fsp3) is 0.333. The molecule has 0 saturated carbocycles. The van der Waals surface area contributed by atoms with Crippen LogP contribution in [0.4, 0.5) is 13.2 Å². The molecule has 2 aromatic rings. The highest BCUT2D eigenvalue weighted by molar-refractivity contribution is 5.28. The molecule has 3 rings (SSSR count). The Kier molecular flexibility index (Phi) is 3.63. The molecule has 0 atom stereocenters. The lowest BCUT2D eigenvalue weighted by atomic mass is 10.1. The summed E-state index contributed by atoms with van der Waals surface area (Å²) in [6.07, 6.45) is -1.42. The molecule has 3 nitrogen and oxygen atoms in total. The molecule has 0 radical (unpaired) electrons. The van der Waals surface area contributed by atoms with E-state index < -0.39 is 11.7 Å². The molecule has 1 aliphatic rings. The van der Waals surface area contributed by atoms with Crippen molar-refractivity contribution in [3.8, 4) is 0 Å². The van der Waals surface area contributed by atoms with Gasteiger partial charge in [-0.15, -0.1) is 0 Å². The number of hydrogen-bond acceptors (Lipinski definition) is 3. The van der Waals surface area contributed by atoms with Crippen molar-refractivity contribution in [1.82, 2.24) is 15.3 Å². The molecule has 0 unspecified atom stereocenters. The smallest absolute Gasteiger partial charge is 0.312 e. The fourth-order valence-corrected chi connectivity index (χ4v) is 2.40. The topological polar surface area (TPSA) is 37.8 Å². The van der Waals surface area contributed by atoms with Crippen LogP contribution in [-0.2, 0) is 25.6 Å². The Labute approximate surface area is 120 Å². The van der Waals surface area contributed by atoms with E-state index in [1.165, 1.54) is 6.07 Å². The van der Waals surface area contributed by atoms with E-state index in [0.717, 1.165) is 42.9 Å². The Morgan fingerprint density at radius 3 is 2.90 bits per heavy atom. The summed E-state index contributed by atoms with van der Waals surface area (Å²) in [5.74, 6) is 0.565. The maximum atomic E-state index is 12.7. The van der Waals surface area contributed by atoms with Gasteiger partial charge in [-0.05, 0) is 11.6 Å². The van der Waals surface area contributed by atoms with Crippen LogP contribution >= 0.6 is 0 Å². The van der Waals surface area contributed by atoms with Gasteiger partial charge in [0.2, 0.25) is 0 Å². The summed E-state index contributed by atoms with van der Waals surface area (Å²) in [6, 6.07) is 5.31. The molecule has 1 N–H and O–H groups in total. The van der Waals surface area contributed by atoms with Crippen LogP contribution in [0.1, 0.15) is 28.2 Å². The van der Waals surface area contributed by atoms with Crippen LogP contribution in [0.3, 0.4) is 0 Å². The number of halogens is 3. The van der Waals surface area contributed by atoms with E-state index in [1.807, 2.05) is 0 Å². The third-order valence-electron chi connectivity index (χ3n) is 3.47. The van der Waals surface area contributed by atoms with E-state index in [-0.39, 0.29) is 0 Å². The summed E-state index contributed by atoms with van der Waals surface area (Å²) in [5.41, 5.74) is 1.99. The number of rotatable bonds is 2. The van der Waals surface area contributed by atoms with Gasteiger partial charge in [-0.3, -0.25) is 0 Å². The maximum Gasteiger partial charge on any atom is 0.416 e. The summed E-state index contributed by atoms with van der Waals surface area (Å²) in [6.45, 7) is 1.62. The number of benzene rings is 1. The van der Waals surface area contributed by atoms with Crippen molar-refractivity contribution >= 4 is 0 Å². The van der Waals surface area contributed by atoms with Crippen LogP contribution in [-0.4, -0.2) is 16.5 Å².